The number of ether oxygens (including phenoxy) is 2. The molecule has 0 amide bonds. The van der Waals surface area contributed by atoms with Gasteiger partial charge in [0.05, 0.1) is 13.2 Å². The molecule has 0 radical (unpaired) electrons. The summed E-state index contributed by atoms with van der Waals surface area (Å²) >= 11 is 0. The van der Waals surface area contributed by atoms with E-state index >= 15 is 0 Å². The second-order valence-electron chi connectivity index (χ2n) is 4.85. The van der Waals surface area contributed by atoms with Crippen molar-refractivity contribution in [2.24, 2.45) is 5.92 Å². The van der Waals surface area contributed by atoms with Crippen molar-refractivity contribution in [2.75, 3.05) is 19.8 Å². The molecule has 1 fully saturated rings. The monoisotopic (exact) mass is 250 g/mol. The summed E-state index contributed by atoms with van der Waals surface area (Å²) in [4.78, 5) is 0. The molecule has 1 aliphatic rings. The molecule has 0 aliphatic carbocycles. The van der Waals surface area contributed by atoms with E-state index in [2.05, 4.69) is 32.9 Å². The molecule has 18 heavy (non-hydrogen) atoms. The van der Waals surface area contributed by atoms with E-state index in [0.29, 0.717) is 5.92 Å². The quantitative estimate of drug-likeness (QED) is 0.796. The zero-order chi connectivity index (χ0) is 13.2. The molecule has 1 unspecified atom stereocenters. The van der Waals surface area contributed by atoms with Crippen molar-refractivity contribution in [3.63, 3.8) is 0 Å². The van der Waals surface area contributed by atoms with Crippen LogP contribution in [0.5, 0.6) is 5.75 Å². The van der Waals surface area contributed by atoms with Crippen LogP contribution in [0.1, 0.15) is 38.7 Å². The highest BCUT2D eigenvalue weighted by molar-refractivity contribution is 5.26. The van der Waals surface area contributed by atoms with Gasteiger partial charge in [-0.3, -0.25) is 0 Å². The average Bonchev–Trinajstić information content (AvgIpc) is 2.92. The SMILES string of the molecule is CCCC.Cc1ccc(OCC2CCOC2)cc1. The van der Waals surface area contributed by atoms with Crippen LogP contribution in [0.2, 0.25) is 0 Å². The molecule has 102 valence electrons. The fourth-order valence-corrected chi connectivity index (χ4v) is 1.56. The van der Waals surface area contributed by atoms with Crippen molar-refractivity contribution >= 4 is 0 Å². The summed E-state index contributed by atoms with van der Waals surface area (Å²) in [6, 6.07) is 8.18. The number of hydrogen-bond acceptors (Lipinski definition) is 2. The van der Waals surface area contributed by atoms with E-state index in [0.717, 1.165) is 32.0 Å². The lowest BCUT2D eigenvalue weighted by Gasteiger charge is -2.10. The molecule has 1 aromatic rings. The van der Waals surface area contributed by atoms with Gasteiger partial charge >= 0.3 is 0 Å². The Morgan fingerprint density at radius 2 is 1.83 bits per heavy atom. The van der Waals surface area contributed by atoms with Gasteiger partial charge in [0.1, 0.15) is 5.75 Å². The van der Waals surface area contributed by atoms with E-state index in [1.165, 1.54) is 18.4 Å². The highest BCUT2D eigenvalue weighted by atomic mass is 16.5. The second kappa shape index (κ2) is 8.98. The van der Waals surface area contributed by atoms with Gasteiger partial charge < -0.3 is 9.47 Å². The first-order chi connectivity index (χ1) is 8.76. The van der Waals surface area contributed by atoms with Crippen LogP contribution >= 0.6 is 0 Å². The van der Waals surface area contributed by atoms with Crippen molar-refractivity contribution < 1.29 is 9.47 Å². The molecular weight excluding hydrogens is 224 g/mol. The summed E-state index contributed by atoms with van der Waals surface area (Å²) in [5.74, 6) is 1.54. The third-order valence-corrected chi connectivity index (χ3v) is 3.03. The largest absolute Gasteiger partial charge is 0.493 e. The first-order valence-corrected chi connectivity index (χ1v) is 7.03. The minimum atomic E-state index is 0.580. The van der Waals surface area contributed by atoms with E-state index in [9.17, 15) is 0 Å². The van der Waals surface area contributed by atoms with Crippen molar-refractivity contribution in [1.82, 2.24) is 0 Å². The Morgan fingerprint density at radius 3 is 2.33 bits per heavy atom. The topological polar surface area (TPSA) is 18.5 Å². The number of rotatable bonds is 4. The van der Waals surface area contributed by atoms with E-state index < -0.39 is 0 Å². The van der Waals surface area contributed by atoms with Crippen LogP contribution in [0.4, 0.5) is 0 Å². The highest BCUT2D eigenvalue weighted by Gasteiger charge is 2.15. The van der Waals surface area contributed by atoms with Crippen molar-refractivity contribution in [2.45, 2.75) is 40.0 Å². The molecule has 0 N–H and O–H groups in total. The van der Waals surface area contributed by atoms with Crippen LogP contribution in [-0.2, 0) is 4.74 Å². The van der Waals surface area contributed by atoms with Gasteiger partial charge in [-0.1, -0.05) is 44.4 Å². The first kappa shape index (κ1) is 15.0. The maximum Gasteiger partial charge on any atom is 0.119 e. The van der Waals surface area contributed by atoms with E-state index in [1.54, 1.807) is 0 Å². The van der Waals surface area contributed by atoms with E-state index in [1.807, 2.05) is 12.1 Å². The van der Waals surface area contributed by atoms with E-state index in [-0.39, 0.29) is 0 Å². The van der Waals surface area contributed by atoms with Crippen molar-refractivity contribution in [1.29, 1.82) is 0 Å². The second-order valence-corrected chi connectivity index (χ2v) is 4.85. The number of benzene rings is 1. The molecule has 0 spiro atoms. The summed E-state index contributed by atoms with van der Waals surface area (Å²) in [5, 5.41) is 0. The Labute approximate surface area is 111 Å². The minimum absolute atomic E-state index is 0.580. The van der Waals surface area contributed by atoms with Gasteiger partial charge in [0.25, 0.3) is 0 Å². The maximum atomic E-state index is 5.66. The molecule has 1 aliphatic heterocycles. The van der Waals surface area contributed by atoms with Gasteiger partial charge in [0.15, 0.2) is 0 Å². The van der Waals surface area contributed by atoms with Crippen LogP contribution < -0.4 is 4.74 Å². The Kier molecular flexibility index (Phi) is 7.51. The standard InChI is InChI=1S/C12H16O2.C4H10/c1-10-2-4-12(5-3-10)14-9-11-6-7-13-8-11;1-3-4-2/h2-5,11H,6-9H2,1H3;3-4H2,1-2H3. The zero-order valence-corrected chi connectivity index (χ0v) is 11.9. The third-order valence-electron chi connectivity index (χ3n) is 3.03. The Balaban J connectivity index is 0.000000357. The lowest BCUT2D eigenvalue weighted by Crippen LogP contribution is -2.11. The normalized spacial score (nSPS) is 18.1. The summed E-state index contributed by atoms with van der Waals surface area (Å²) in [5.41, 5.74) is 1.27. The fourth-order valence-electron chi connectivity index (χ4n) is 1.56. The van der Waals surface area contributed by atoms with Crippen molar-refractivity contribution in [3.8, 4) is 5.75 Å². The summed E-state index contributed by atoms with van der Waals surface area (Å²) < 4.78 is 10.9. The molecule has 1 atom stereocenters. The summed E-state index contributed by atoms with van der Waals surface area (Å²) in [6.45, 7) is 8.96. The Hall–Kier alpha value is -1.02. The Morgan fingerprint density at radius 1 is 1.17 bits per heavy atom. The number of unbranched alkanes of at least 4 members (excludes halogenated alkanes) is 1. The molecule has 1 aromatic carbocycles. The molecule has 1 heterocycles. The van der Waals surface area contributed by atoms with Gasteiger partial charge in [-0.15, -0.1) is 0 Å². The molecule has 1 saturated heterocycles. The summed E-state index contributed by atoms with van der Waals surface area (Å²) in [6.07, 6.45) is 3.77. The molecule has 0 saturated carbocycles. The van der Waals surface area contributed by atoms with Gasteiger partial charge in [0, 0.05) is 12.5 Å². The molecule has 2 nitrogen and oxygen atoms in total. The molecule has 2 rings (SSSR count). The number of aryl methyl sites for hydroxylation is 1. The number of hydrogen-bond donors (Lipinski definition) is 0. The molecular formula is C16H26O2. The lowest BCUT2D eigenvalue weighted by atomic mass is 10.1. The van der Waals surface area contributed by atoms with E-state index in [4.69, 9.17) is 9.47 Å². The predicted molar refractivity (Wildman–Crippen MR) is 76.2 cm³/mol. The third kappa shape index (κ3) is 6.06. The lowest BCUT2D eigenvalue weighted by molar-refractivity contribution is 0.167. The van der Waals surface area contributed by atoms with Gasteiger partial charge in [-0.25, -0.2) is 0 Å². The summed E-state index contributed by atoms with van der Waals surface area (Å²) in [7, 11) is 0. The van der Waals surface area contributed by atoms with Gasteiger partial charge in [-0.2, -0.15) is 0 Å². The fraction of sp³-hybridized carbons (Fsp3) is 0.625. The van der Waals surface area contributed by atoms with Crippen LogP contribution in [0, 0.1) is 12.8 Å². The first-order valence-electron chi connectivity index (χ1n) is 7.03. The van der Waals surface area contributed by atoms with Crippen LogP contribution in [0.25, 0.3) is 0 Å². The molecule has 0 bridgehead atoms. The zero-order valence-electron chi connectivity index (χ0n) is 11.9. The Bertz CT molecular complexity index is 297. The van der Waals surface area contributed by atoms with Crippen LogP contribution in [0.3, 0.4) is 0 Å². The highest BCUT2D eigenvalue weighted by Crippen LogP contribution is 2.16. The smallest absolute Gasteiger partial charge is 0.119 e. The van der Waals surface area contributed by atoms with Crippen molar-refractivity contribution in [3.05, 3.63) is 29.8 Å². The van der Waals surface area contributed by atoms with Gasteiger partial charge in [0.2, 0.25) is 0 Å². The maximum absolute atomic E-state index is 5.66. The predicted octanol–water partition coefficient (Wildman–Crippen LogP) is 4.22. The van der Waals surface area contributed by atoms with Crippen LogP contribution in [-0.4, -0.2) is 19.8 Å². The molecule has 0 aromatic heterocycles. The van der Waals surface area contributed by atoms with Gasteiger partial charge in [-0.05, 0) is 25.5 Å². The minimum Gasteiger partial charge on any atom is -0.493 e. The van der Waals surface area contributed by atoms with Crippen LogP contribution in [0.15, 0.2) is 24.3 Å². The molecule has 2 heteroatoms. The average molecular weight is 250 g/mol.